The van der Waals surface area contributed by atoms with E-state index in [1.807, 2.05) is 12.1 Å². The third-order valence-corrected chi connectivity index (χ3v) is 3.17. The lowest BCUT2D eigenvalue weighted by Crippen LogP contribution is -2.18. The number of rotatable bonds is 2. The molecule has 0 amide bonds. The van der Waals surface area contributed by atoms with E-state index in [4.69, 9.17) is 15.3 Å². The summed E-state index contributed by atoms with van der Waals surface area (Å²) in [5, 5.41) is 32.7. The third kappa shape index (κ3) is 2.52. The maximum absolute atomic E-state index is 10.7. The Morgan fingerprint density at radius 3 is 2.39 bits per heavy atom. The Morgan fingerprint density at radius 2 is 1.78 bits per heavy atom. The standard InChI is InChI=1S/C15H7N5O3/c16-7-10-5-13-14(6-11(10)8-17)23-15(19-18-13)9-1-3-12(4-2-9)20(21)22/h1-6,18H. The average molecular weight is 305 g/mol. The second kappa shape index (κ2) is 5.47. The molecule has 0 saturated heterocycles. The predicted molar refractivity (Wildman–Crippen MR) is 79.8 cm³/mol. The van der Waals surface area contributed by atoms with Crippen LogP contribution in [0.5, 0.6) is 5.75 Å². The van der Waals surface area contributed by atoms with E-state index in [1.54, 1.807) is 0 Å². The number of hydrogen-bond donors (Lipinski definition) is 1. The Labute approximate surface area is 130 Å². The fraction of sp³-hybridized carbons (Fsp3) is 0. The van der Waals surface area contributed by atoms with Crippen molar-refractivity contribution >= 4 is 17.3 Å². The summed E-state index contributed by atoms with van der Waals surface area (Å²) in [6.07, 6.45) is 0. The number of hydrazone groups is 1. The number of nitriles is 2. The normalized spacial score (nSPS) is 11.8. The van der Waals surface area contributed by atoms with Crippen molar-refractivity contribution in [3.63, 3.8) is 0 Å². The second-order valence-electron chi connectivity index (χ2n) is 4.55. The molecule has 0 bridgehead atoms. The summed E-state index contributed by atoms with van der Waals surface area (Å²) in [4.78, 5) is 10.2. The molecule has 0 fully saturated rings. The van der Waals surface area contributed by atoms with Crippen LogP contribution in [-0.4, -0.2) is 10.8 Å². The number of ether oxygens (including phenoxy) is 1. The fourth-order valence-electron chi connectivity index (χ4n) is 2.02. The zero-order valence-corrected chi connectivity index (χ0v) is 11.5. The lowest BCUT2D eigenvalue weighted by Gasteiger charge is -2.18. The fourth-order valence-corrected chi connectivity index (χ4v) is 2.02. The first kappa shape index (κ1) is 14.0. The van der Waals surface area contributed by atoms with Crippen LogP contribution in [0.4, 0.5) is 11.4 Å². The molecule has 110 valence electrons. The van der Waals surface area contributed by atoms with E-state index in [0.717, 1.165) is 0 Å². The Balaban J connectivity index is 1.94. The number of hydrogen-bond acceptors (Lipinski definition) is 7. The summed E-state index contributed by atoms with van der Waals surface area (Å²) < 4.78 is 5.62. The lowest BCUT2D eigenvalue weighted by atomic mass is 10.1. The number of nitrogens with zero attached hydrogens (tertiary/aromatic N) is 4. The highest BCUT2D eigenvalue weighted by atomic mass is 16.6. The van der Waals surface area contributed by atoms with Crippen LogP contribution in [-0.2, 0) is 0 Å². The zero-order valence-electron chi connectivity index (χ0n) is 11.5. The summed E-state index contributed by atoms with van der Waals surface area (Å²) in [5.74, 6) is 0.560. The van der Waals surface area contributed by atoms with Crippen LogP contribution >= 0.6 is 0 Å². The van der Waals surface area contributed by atoms with E-state index in [9.17, 15) is 10.1 Å². The van der Waals surface area contributed by atoms with Gasteiger partial charge in [-0.15, -0.1) is 5.10 Å². The molecule has 0 aliphatic carbocycles. The average Bonchev–Trinajstić information content (AvgIpc) is 2.60. The van der Waals surface area contributed by atoms with E-state index < -0.39 is 4.92 Å². The third-order valence-electron chi connectivity index (χ3n) is 3.17. The molecule has 1 aliphatic rings. The molecule has 1 aliphatic heterocycles. The Morgan fingerprint density at radius 1 is 1.13 bits per heavy atom. The SMILES string of the molecule is N#Cc1cc2c(cc1C#N)OC(c1ccc([N+](=O)[O-])cc1)=NN2. The van der Waals surface area contributed by atoms with E-state index in [2.05, 4.69) is 10.5 Å². The van der Waals surface area contributed by atoms with Crippen molar-refractivity contribution < 1.29 is 9.66 Å². The Kier molecular flexibility index (Phi) is 3.34. The zero-order chi connectivity index (χ0) is 16.4. The van der Waals surface area contributed by atoms with Gasteiger partial charge in [-0.25, -0.2) is 0 Å². The van der Waals surface area contributed by atoms with Crippen LogP contribution in [0.2, 0.25) is 0 Å². The molecule has 1 N–H and O–H groups in total. The second-order valence-corrected chi connectivity index (χ2v) is 4.55. The summed E-state index contributed by atoms with van der Waals surface area (Å²) in [6, 6.07) is 12.5. The van der Waals surface area contributed by atoms with Gasteiger partial charge >= 0.3 is 0 Å². The summed E-state index contributed by atoms with van der Waals surface area (Å²) in [7, 11) is 0. The number of nitrogens with one attached hydrogen (secondary N) is 1. The molecule has 0 radical (unpaired) electrons. The van der Waals surface area contributed by atoms with Gasteiger partial charge in [-0.2, -0.15) is 10.5 Å². The topological polar surface area (TPSA) is 124 Å². The maximum atomic E-state index is 10.7. The summed E-state index contributed by atoms with van der Waals surface area (Å²) in [6.45, 7) is 0. The highest BCUT2D eigenvalue weighted by Gasteiger charge is 2.19. The van der Waals surface area contributed by atoms with Gasteiger partial charge in [0, 0.05) is 23.8 Å². The van der Waals surface area contributed by atoms with Crippen molar-refractivity contribution in [1.82, 2.24) is 0 Å². The molecule has 0 atom stereocenters. The number of fused-ring (bicyclic) bond motifs is 1. The van der Waals surface area contributed by atoms with Gasteiger partial charge in [0.25, 0.3) is 5.69 Å². The van der Waals surface area contributed by atoms with Crippen LogP contribution in [0.3, 0.4) is 0 Å². The van der Waals surface area contributed by atoms with E-state index in [1.165, 1.54) is 36.4 Å². The number of nitro groups is 1. The molecule has 8 heteroatoms. The van der Waals surface area contributed by atoms with Crippen molar-refractivity contribution in [2.75, 3.05) is 5.43 Å². The minimum absolute atomic E-state index is 0.0380. The molecule has 1 heterocycles. The highest BCUT2D eigenvalue weighted by molar-refractivity contribution is 5.98. The van der Waals surface area contributed by atoms with Gasteiger partial charge in [0.1, 0.15) is 17.8 Å². The summed E-state index contributed by atoms with van der Waals surface area (Å²) >= 11 is 0. The molecule has 0 saturated carbocycles. The van der Waals surface area contributed by atoms with Gasteiger partial charge in [0.15, 0.2) is 5.75 Å². The number of non-ortho nitro benzene ring substituents is 1. The van der Waals surface area contributed by atoms with Crippen molar-refractivity contribution in [3.05, 3.63) is 63.2 Å². The van der Waals surface area contributed by atoms with E-state index >= 15 is 0 Å². The van der Waals surface area contributed by atoms with Crippen molar-refractivity contribution in [2.24, 2.45) is 5.10 Å². The van der Waals surface area contributed by atoms with Crippen LogP contribution in [0, 0.1) is 32.8 Å². The molecule has 0 aromatic heterocycles. The van der Waals surface area contributed by atoms with Crippen molar-refractivity contribution in [2.45, 2.75) is 0 Å². The Hall–Kier alpha value is -3.91. The number of anilines is 1. The molecule has 0 unspecified atom stereocenters. The van der Waals surface area contributed by atoms with Crippen LogP contribution < -0.4 is 10.2 Å². The first-order chi connectivity index (χ1) is 11.1. The molecular formula is C15H7N5O3. The smallest absolute Gasteiger partial charge is 0.269 e. The molecule has 8 nitrogen and oxygen atoms in total. The largest absolute Gasteiger partial charge is 0.435 e. The quantitative estimate of drug-likeness (QED) is 0.671. The van der Waals surface area contributed by atoms with E-state index in [0.29, 0.717) is 17.0 Å². The van der Waals surface area contributed by atoms with Crippen molar-refractivity contribution in [1.29, 1.82) is 10.5 Å². The van der Waals surface area contributed by atoms with Crippen molar-refractivity contribution in [3.8, 4) is 17.9 Å². The maximum Gasteiger partial charge on any atom is 0.269 e. The highest BCUT2D eigenvalue weighted by Crippen LogP contribution is 2.32. The number of benzene rings is 2. The molecule has 3 rings (SSSR count). The van der Waals surface area contributed by atoms with Crippen LogP contribution in [0.1, 0.15) is 16.7 Å². The summed E-state index contributed by atoms with van der Waals surface area (Å²) in [5.41, 5.74) is 4.12. The van der Waals surface area contributed by atoms with Crippen LogP contribution in [0.25, 0.3) is 0 Å². The van der Waals surface area contributed by atoms with Gasteiger partial charge in [-0.1, -0.05) is 0 Å². The molecule has 2 aromatic carbocycles. The lowest BCUT2D eigenvalue weighted by molar-refractivity contribution is -0.384. The van der Waals surface area contributed by atoms with Gasteiger partial charge in [-0.05, 0) is 18.2 Å². The Bertz CT molecular complexity index is 920. The molecular weight excluding hydrogens is 298 g/mol. The molecule has 0 spiro atoms. The monoisotopic (exact) mass is 305 g/mol. The van der Waals surface area contributed by atoms with Gasteiger partial charge in [0.2, 0.25) is 5.90 Å². The van der Waals surface area contributed by atoms with E-state index in [-0.39, 0.29) is 22.7 Å². The first-order valence-corrected chi connectivity index (χ1v) is 6.37. The van der Waals surface area contributed by atoms with Crippen LogP contribution in [0.15, 0.2) is 41.5 Å². The van der Waals surface area contributed by atoms with Gasteiger partial charge in [0.05, 0.1) is 16.1 Å². The van der Waals surface area contributed by atoms with Gasteiger partial charge in [-0.3, -0.25) is 15.5 Å². The minimum atomic E-state index is -0.497. The molecule has 2 aromatic rings. The number of nitro benzene ring substituents is 1. The van der Waals surface area contributed by atoms with Gasteiger partial charge < -0.3 is 4.74 Å². The minimum Gasteiger partial charge on any atom is -0.435 e. The molecule has 23 heavy (non-hydrogen) atoms. The first-order valence-electron chi connectivity index (χ1n) is 6.37. The predicted octanol–water partition coefficient (Wildman–Crippen LogP) is 2.50.